The summed E-state index contributed by atoms with van der Waals surface area (Å²) in [6.45, 7) is 6.62. The second kappa shape index (κ2) is 7.09. The van der Waals surface area contributed by atoms with Gasteiger partial charge in [-0.05, 0) is 50.9 Å². The fourth-order valence-corrected chi connectivity index (χ4v) is 2.80. The van der Waals surface area contributed by atoms with Gasteiger partial charge in [0.1, 0.15) is 0 Å². The number of pyridine rings is 1. The molecule has 0 radical (unpaired) electrons. The number of carbonyl (C=O) groups excluding carboxylic acids is 1. The summed E-state index contributed by atoms with van der Waals surface area (Å²) in [5.41, 5.74) is 3.90. The highest BCUT2D eigenvalue weighted by Gasteiger charge is 2.26. The lowest BCUT2D eigenvalue weighted by molar-refractivity contribution is 0.0955. The van der Waals surface area contributed by atoms with Crippen molar-refractivity contribution >= 4 is 16.8 Å². The van der Waals surface area contributed by atoms with Gasteiger partial charge in [-0.1, -0.05) is 18.6 Å². The Morgan fingerprint density at radius 2 is 2.04 bits per heavy atom. The summed E-state index contributed by atoms with van der Waals surface area (Å²) in [5.74, 6) is 0.543. The van der Waals surface area contributed by atoms with Gasteiger partial charge in [-0.3, -0.25) is 9.78 Å². The molecule has 1 fully saturated rings. The van der Waals surface area contributed by atoms with Crippen LogP contribution in [-0.2, 0) is 0 Å². The van der Waals surface area contributed by atoms with Gasteiger partial charge in [0.05, 0.1) is 11.1 Å². The molecule has 1 amide bonds. The van der Waals surface area contributed by atoms with Crippen molar-refractivity contribution in [3.63, 3.8) is 0 Å². The van der Waals surface area contributed by atoms with Crippen LogP contribution in [0, 0.1) is 6.92 Å². The molecular weight excluding hydrogens is 286 g/mol. The third-order valence-electron chi connectivity index (χ3n) is 4.24. The van der Waals surface area contributed by atoms with Gasteiger partial charge in [-0.2, -0.15) is 0 Å². The van der Waals surface area contributed by atoms with Crippen LogP contribution >= 0.6 is 0 Å². The number of carbonyl (C=O) groups is 1. The normalized spacial score (nSPS) is 14.2. The summed E-state index contributed by atoms with van der Waals surface area (Å²) < 4.78 is 0. The van der Waals surface area contributed by atoms with Gasteiger partial charge in [0, 0.05) is 30.1 Å². The first-order valence-corrected chi connectivity index (χ1v) is 8.59. The van der Waals surface area contributed by atoms with E-state index in [0.717, 1.165) is 47.2 Å². The Labute approximate surface area is 137 Å². The highest BCUT2D eigenvalue weighted by molar-refractivity contribution is 6.06. The van der Waals surface area contributed by atoms with Gasteiger partial charge in [-0.25, -0.2) is 0 Å². The molecule has 0 aliphatic heterocycles. The molecular formula is C19H25N3O. The lowest BCUT2D eigenvalue weighted by Gasteiger charge is -2.11. The molecule has 1 aliphatic carbocycles. The third kappa shape index (κ3) is 3.88. The van der Waals surface area contributed by atoms with Crippen LogP contribution < -0.4 is 10.6 Å². The molecule has 1 aliphatic rings. The molecule has 23 heavy (non-hydrogen) atoms. The van der Waals surface area contributed by atoms with E-state index in [1.165, 1.54) is 12.8 Å². The maximum absolute atomic E-state index is 12.6. The van der Waals surface area contributed by atoms with Crippen LogP contribution in [0.1, 0.15) is 53.7 Å². The zero-order chi connectivity index (χ0) is 16.2. The maximum Gasteiger partial charge on any atom is 0.252 e. The number of hydrogen-bond donors (Lipinski definition) is 2. The van der Waals surface area contributed by atoms with Crippen molar-refractivity contribution in [1.82, 2.24) is 15.6 Å². The molecule has 0 atom stereocenters. The van der Waals surface area contributed by atoms with Crippen LogP contribution in [0.2, 0.25) is 0 Å². The van der Waals surface area contributed by atoms with E-state index in [4.69, 9.17) is 4.98 Å². The van der Waals surface area contributed by atoms with Gasteiger partial charge < -0.3 is 10.6 Å². The fraction of sp³-hybridized carbons (Fsp3) is 0.474. The van der Waals surface area contributed by atoms with Crippen molar-refractivity contribution < 1.29 is 4.79 Å². The van der Waals surface area contributed by atoms with E-state index in [1.807, 2.05) is 19.1 Å². The summed E-state index contributed by atoms with van der Waals surface area (Å²) in [7, 11) is 0. The van der Waals surface area contributed by atoms with Crippen LogP contribution in [0.3, 0.4) is 0 Å². The van der Waals surface area contributed by atoms with E-state index in [0.29, 0.717) is 12.5 Å². The highest BCUT2D eigenvalue weighted by atomic mass is 16.1. The Hall–Kier alpha value is -1.94. The van der Waals surface area contributed by atoms with Crippen LogP contribution in [0.25, 0.3) is 10.9 Å². The average molecular weight is 311 g/mol. The Morgan fingerprint density at radius 3 is 2.78 bits per heavy atom. The Balaban J connectivity index is 1.82. The van der Waals surface area contributed by atoms with Gasteiger partial charge >= 0.3 is 0 Å². The fourth-order valence-electron chi connectivity index (χ4n) is 2.80. The summed E-state index contributed by atoms with van der Waals surface area (Å²) in [5, 5.41) is 7.28. The smallest absolute Gasteiger partial charge is 0.252 e. The van der Waals surface area contributed by atoms with Crippen molar-refractivity contribution in [1.29, 1.82) is 0 Å². The van der Waals surface area contributed by atoms with Crippen molar-refractivity contribution in [3.05, 3.63) is 41.1 Å². The van der Waals surface area contributed by atoms with Gasteiger partial charge in [0.25, 0.3) is 5.91 Å². The quantitative estimate of drug-likeness (QED) is 0.772. The Bertz CT molecular complexity index is 707. The number of nitrogens with zero attached hydrogens (tertiary/aromatic N) is 1. The zero-order valence-corrected chi connectivity index (χ0v) is 14.0. The minimum absolute atomic E-state index is 0.00296. The topological polar surface area (TPSA) is 54.0 Å². The predicted molar refractivity (Wildman–Crippen MR) is 93.9 cm³/mol. The molecule has 1 aromatic carbocycles. The highest BCUT2D eigenvalue weighted by Crippen LogP contribution is 2.40. The van der Waals surface area contributed by atoms with Crippen molar-refractivity contribution in [2.24, 2.45) is 0 Å². The molecule has 0 spiro atoms. The number of rotatable bonds is 7. The molecule has 2 N–H and O–H groups in total. The number of aryl methyl sites for hydroxylation is 1. The second-order valence-corrected chi connectivity index (χ2v) is 6.40. The Morgan fingerprint density at radius 1 is 1.22 bits per heavy atom. The molecule has 2 aromatic rings. The maximum atomic E-state index is 12.6. The van der Waals surface area contributed by atoms with E-state index < -0.39 is 0 Å². The lowest BCUT2D eigenvalue weighted by Crippen LogP contribution is -2.32. The first kappa shape index (κ1) is 15.9. The van der Waals surface area contributed by atoms with Gasteiger partial charge in [0.2, 0.25) is 0 Å². The Kier molecular flexibility index (Phi) is 4.91. The standard InChI is InChI=1S/C19H25N3O/c1-3-8-20-9-10-21-19(23)16-12-18(14-5-6-14)22-17-7-4-13(2)11-15(16)17/h4,7,11-12,14,20H,3,5-6,8-10H2,1-2H3,(H,21,23). The van der Waals surface area contributed by atoms with E-state index >= 15 is 0 Å². The molecule has 1 saturated carbocycles. The van der Waals surface area contributed by atoms with E-state index in [1.54, 1.807) is 0 Å². The first-order valence-electron chi connectivity index (χ1n) is 8.59. The molecule has 0 saturated heterocycles. The summed E-state index contributed by atoms with van der Waals surface area (Å²) in [4.78, 5) is 17.4. The molecule has 1 aromatic heterocycles. The lowest BCUT2D eigenvalue weighted by atomic mass is 10.0. The molecule has 0 bridgehead atoms. The third-order valence-corrected chi connectivity index (χ3v) is 4.24. The van der Waals surface area contributed by atoms with Crippen molar-refractivity contribution in [2.75, 3.05) is 19.6 Å². The number of hydrogen-bond acceptors (Lipinski definition) is 3. The number of aromatic nitrogens is 1. The molecule has 1 heterocycles. The largest absolute Gasteiger partial charge is 0.351 e. The summed E-state index contributed by atoms with van der Waals surface area (Å²) in [6.07, 6.45) is 3.48. The zero-order valence-electron chi connectivity index (χ0n) is 14.0. The minimum Gasteiger partial charge on any atom is -0.351 e. The minimum atomic E-state index is 0.00296. The van der Waals surface area contributed by atoms with Crippen LogP contribution in [-0.4, -0.2) is 30.5 Å². The summed E-state index contributed by atoms with van der Waals surface area (Å²) in [6, 6.07) is 8.13. The first-order chi connectivity index (χ1) is 11.2. The molecule has 3 rings (SSSR count). The van der Waals surface area contributed by atoms with E-state index in [-0.39, 0.29) is 5.91 Å². The molecule has 4 nitrogen and oxygen atoms in total. The number of amides is 1. The predicted octanol–water partition coefficient (Wildman–Crippen LogP) is 3.15. The second-order valence-electron chi connectivity index (χ2n) is 6.40. The molecule has 0 unspecified atom stereocenters. The van der Waals surface area contributed by atoms with Crippen molar-refractivity contribution in [2.45, 2.75) is 39.0 Å². The molecule has 4 heteroatoms. The van der Waals surface area contributed by atoms with Gasteiger partial charge in [0.15, 0.2) is 0 Å². The van der Waals surface area contributed by atoms with Crippen LogP contribution in [0.4, 0.5) is 0 Å². The average Bonchev–Trinajstić information content (AvgIpc) is 3.38. The van der Waals surface area contributed by atoms with Gasteiger partial charge in [-0.15, -0.1) is 0 Å². The van der Waals surface area contributed by atoms with Crippen molar-refractivity contribution in [3.8, 4) is 0 Å². The van der Waals surface area contributed by atoms with Crippen LogP contribution in [0.5, 0.6) is 0 Å². The number of benzene rings is 1. The molecule has 122 valence electrons. The number of fused-ring (bicyclic) bond motifs is 1. The number of nitrogens with one attached hydrogen (secondary N) is 2. The van der Waals surface area contributed by atoms with E-state index in [2.05, 4.69) is 29.7 Å². The van der Waals surface area contributed by atoms with E-state index in [9.17, 15) is 4.79 Å². The summed E-state index contributed by atoms with van der Waals surface area (Å²) >= 11 is 0. The SMILES string of the molecule is CCCNCCNC(=O)c1cc(C2CC2)nc2ccc(C)cc12. The van der Waals surface area contributed by atoms with Crippen LogP contribution in [0.15, 0.2) is 24.3 Å². The monoisotopic (exact) mass is 311 g/mol.